The number of nitrogens with zero attached hydrogens (tertiary/aromatic N) is 10. The van der Waals surface area contributed by atoms with Crippen molar-refractivity contribution >= 4 is 162 Å². The lowest BCUT2D eigenvalue weighted by Crippen LogP contribution is -2.54. The molecule has 4 fully saturated rings. The Labute approximate surface area is 679 Å². The van der Waals surface area contributed by atoms with E-state index in [-0.39, 0.29) is 103 Å². The maximum absolute atomic E-state index is 13.8. The standard InChI is InChI=1S/C29H32BrN5O4.C28H26BrCl2N3O3.C27H28BrN3O4/c1-4-28(37)34-15-20(16-34)11-22(36)17-33-18-25(24-12-21(30)5-7-26(24)33)29(38)35-10-9-32(14-19(35)2)27-8-6-23(39-3)13-31-27;1-3-26(36)33-11-17(12-33)8-20(35)14-34-15-23(22-9-19(30)10-25(31)27(22)34)28(37)32-5-4-21-18(13-32)6-16(2)7-24(21)29;1-2-26(34)31-13-19(14-31)11-22(33)15-30-16-24(23-12-20(28)8-9-25(23)30)27(35)29-21(17-32)10-18-6-4-3-5-7-18/h4-8,12-13,18-20H,1,9-11,14-17H2,2-3H3;3,6-7,9-10,15,17H,1,4-5,8,11-14H2,2H3;2-9,12,16,19,21,32H,1,10-11,13-15,17H2,(H,29,35). The Morgan fingerprint density at radius 1 is 0.613 bits per heavy atom. The number of rotatable bonds is 24. The van der Waals surface area contributed by atoms with Gasteiger partial charge in [-0.05, 0) is 134 Å². The van der Waals surface area contributed by atoms with Crippen LogP contribution in [0.3, 0.4) is 0 Å². The summed E-state index contributed by atoms with van der Waals surface area (Å²) >= 11 is 23.6. The minimum Gasteiger partial charge on any atom is -0.495 e. The minimum atomic E-state index is -0.433. The predicted molar refractivity (Wildman–Crippen MR) is 440 cm³/mol. The lowest BCUT2D eigenvalue weighted by Gasteiger charge is -2.40. The van der Waals surface area contributed by atoms with E-state index in [1.54, 1.807) is 61.7 Å². The zero-order chi connectivity index (χ0) is 79.1. The largest absolute Gasteiger partial charge is 0.495 e. The third-order valence-electron chi connectivity index (χ3n) is 21.0. The molecule has 22 nitrogen and oxygen atoms in total. The van der Waals surface area contributed by atoms with E-state index in [1.165, 1.54) is 23.8 Å². The van der Waals surface area contributed by atoms with Gasteiger partial charge in [-0.1, -0.05) is 127 Å². The molecule has 9 heterocycles. The molecule has 0 radical (unpaired) electrons. The Balaban J connectivity index is 0.000000155. The summed E-state index contributed by atoms with van der Waals surface area (Å²) in [6.45, 7) is 21.2. The van der Waals surface area contributed by atoms with Crippen molar-refractivity contribution in [1.29, 1.82) is 0 Å². The third-order valence-corrected chi connectivity index (χ3v) is 23.2. The van der Waals surface area contributed by atoms with Crippen molar-refractivity contribution in [2.45, 2.75) is 84.2 Å². The van der Waals surface area contributed by atoms with Crippen molar-refractivity contribution in [3.63, 3.8) is 0 Å². The van der Waals surface area contributed by atoms with E-state index in [1.807, 2.05) is 113 Å². The van der Waals surface area contributed by atoms with Gasteiger partial charge < -0.3 is 58.3 Å². The highest BCUT2D eigenvalue weighted by molar-refractivity contribution is 9.11. The summed E-state index contributed by atoms with van der Waals surface area (Å²) in [5.41, 5.74) is 8.30. The van der Waals surface area contributed by atoms with Crippen LogP contribution in [0.25, 0.3) is 32.7 Å². The second-order valence-corrected chi connectivity index (χ2v) is 32.6. The Hall–Kier alpha value is -9.50. The van der Waals surface area contributed by atoms with E-state index >= 15 is 0 Å². The fourth-order valence-electron chi connectivity index (χ4n) is 15.3. The number of Topliss-reactive ketones (excluding diaryl/α,β-unsaturated/α-hetero) is 3. The van der Waals surface area contributed by atoms with Gasteiger partial charge in [0, 0.05) is 179 Å². The van der Waals surface area contributed by atoms with Crippen LogP contribution in [0.5, 0.6) is 5.75 Å². The maximum Gasteiger partial charge on any atom is 0.256 e. The molecular weight excluding hydrogens is 1650 g/mol. The summed E-state index contributed by atoms with van der Waals surface area (Å²) < 4.78 is 13.4. The van der Waals surface area contributed by atoms with Gasteiger partial charge in [-0.2, -0.15) is 0 Å². The highest BCUT2D eigenvalue weighted by Gasteiger charge is 2.36. The fraction of sp³-hybridized carbons (Fsp3) is 0.333. The van der Waals surface area contributed by atoms with Crippen LogP contribution in [0.4, 0.5) is 5.82 Å². The Bertz CT molecular complexity index is 5120. The minimum absolute atomic E-state index is 0.0184. The average molecular weight is 1740 g/mol. The number of likely N-dealkylation sites (tertiary alicyclic amines) is 3. The third kappa shape index (κ3) is 19.0. The fourth-order valence-corrected chi connectivity index (χ4v) is 17.5. The molecule has 0 bridgehead atoms. The molecule has 0 aliphatic carbocycles. The molecule has 4 aromatic heterocycles. The first kappa shape index (κ1) is 81.0. The lowest BCUT2D eigenvalue weighted by molar-refractivity contribution is -0.134. The van der Waals surface area contributed by atoms with Crippen LogP contribution in [-0.4, -0.2) is 192 Å². The lowest BCUT2D eigenvalue weighted by atomic mass is 9.94. The van der Waals surface area contributed by atoms with E-state index in [9.17, 15) is 48.3 Å². The van der Waals surface area contributed by atoms with Gasteiger partial charge in [-0.3, -0.25) is 43.2 Å². The molecule has 14 rings (SSSR count). The number of halogens is 5. The van der Waals surface area contributed by atoms with Crippen molar-refractivity contribution in [2.24, 2.45) is 17.8 Å². The van der Waals surface area contributed by atoms with E-state index in [0.29, 0.717) is 141 Å². The van der Waals surface area contributed by atoms with E-state index in [2.05, 4.69) is 94.9 Å². The number of aliphatic hydroxyl groups is 1. The van der Waals surface area contributed by atoms with Gasteiger partial charge >= 0.3 is 0 Å². The number of piperazine rings is 1. The number of aromatic nitrogens is 4. The Morgan fingerprint density at radius 2 is 1.14 bits per heavy atom. The van der Waals surface area contributed by atoms with Gasteiger partial charge in [0.05, 0.1) is 72.8 Å². The topological polar surface area (TPSA) is 242 Å². The van der Waals surface area contributed by atoms with Crippen LogP contribution in [-0.2, 0) is 67.8 Å². The smallest absolute Gasteiger partial charge is 0.256 e. The second kappa shape index (κ2) is 35.9. The molecule has 5 aliphatic heterocycles. The van der Waals surface area contributed by atoms with Gasteiger partial charge in [0.15, 0.2) is 17.3 Å². The molecule has 2 atom stereocenters. The van der Waals surface area contributed by atoms with Crippen molar-refractivity contribution in [1.82, 2.24) is 48.5 Å². The number of amides is 6. The molecule has 5 aliphatic rings. The number of aliphatic hydroxyl groups excluding tert-OH is 1. The van der Waals surface area contributed by atoms with Crippen molar-refractivity contribution in [2.75, 3.05) is 84.1 Å². The first-order chi connectivity index (χ1) is 53.3. The summed E-state index contributed by atoms with van der Waals surface area (Å²) in [5.74, 6) is 1.36. The molecule has 27 heteroatoms. The number of ether oxygens (including phenoxy) is 1. The quantitative estimate of drug-likeness (QED) is 0.0536. The zero-order valence-electron chi connectivity index (χ0n) is 61.9. The van der Waals surface area contributed by atoms with Gasteiger partial charge in [0.1, 0.15) is 11.6 Å². The molecule has 4 saturated heterocycles. The molecule has 2 unspecified atom stereocenters. The average Bonchev–Trinajstić information content (AvgIpc) is 1.63. The number of nitrogens with one attached hydrogen (secondary N) is 1. The van der Waals surface area contributed by atoms with Crippen LogP contribution in [0.1, 0.15) is 79.5 Å². The summed E-state index contributed by atoms with van der Waals surface area (Å²) in [5, 5.41) is 15.8. The number of carbonyl (C=O) groups excluding carboxylic acids is 9. The summed E-state index contributed by atoms with van der Waals surface area (Å²) in [7, 11) is 1.62. The van der Waals surface area contributed by atoms with E-state index in [4.69, 9.17) is 27.9 Å². The van der Waals surface area contributed by atoms with Crippen LogP contribution in [0.15, 0.2) is 179 Å². The SMILES string of the molecule is C=CC(=O)N1CC(CC(=O)Cn2cc(C(=O)N3CCN(c4ccc(OC)cn4)CC3C)c3cc(Br)ccc32)C1.C=CC(=O)N1CC(CC(=O)Cn2cc(C(=O)N3CCc4c(Br)cc(C)cc4C3)c3cc(Cl)cc(Cl)c32)C1.C=CC(=O)N1CC(CC(=O)Cn2cc(C(=O)NC(CO)Cc3ccccc3)c3cc(Br)ccc32)C1. The molecule has 2 N–H and O–H groups in total. The monoisotopic (exact) mass is 1730 g/mol. The molecule has 111 heavy (non-hydrogen) atoms. The first-order valence-electron chi connectivity index (χ1n) is 36.7. The van der Waals surface area contributed by atoms with Gasteiger partial charge in [0.2, 0.25) is 17.7 Å². The number of hydrogen-bond donors (Lipinski definition) is 2. The van der Waals surface area contributed by atoms with Gasteiger partial charge in [-0.15, -0.1) is 0 Å². The number of methoxy groups -OCH3 is 1. The number of ketones is 3. The molecule has 0 saturated carbocycles. The highest BCUT2D eigenvalue weighted by Crippen LogP contribution is 2.37. The number of anilines is 1. The van der Waals surface area contributed by atoms with Crippen molar-refractivity contribution in [3.8, 4) is 5.75 Å². The van der Waals surface area contributed by atoms with E-state index in [0.717, 1.165) is 64.2 Å². The van der Waals surface area contributed by atoms with Crippen LogP contribution in [0, 0.1) is 24.7 Å². The number of carbonyl (C=O) groups is 9. The molecule has 6 amide bonds. The molecule has 9 aromatic rings. The maximum atomic E-state index is 13.8. The van der Waals surface area contributed by atoms with Crippen molar-refractivity contribution < 1.29 is 53.0 Å². The van der Waals surface area contributed by atoms with E-state index < -0.39 is 6.04 Å². The molecule has 578 valence electrons. The Kier molecular flexibility index (Phi) is 26.2. The zero-order valence-corrected chi connectivity index (χ0v) is 68.2. The summed E-state index contributed by atoms with van der Waals surface area (Å²) in [6, 6.07) is 32.1. The second-order valence-electron chi connectivity index (χ2n) is 29.0. The Morgan fingerprint density at radius 3 is 1.67 bits per heavy atom. The number of benzene rings is 5. The summed E-state index contributed by atoms with van der Waals surface area (Å²) in [6.07, 6.45) is 13.2. The summed E-state index contributed by atoms with van der Waals surface area (Å²) in [4.78, 5) is 130. The van der Waals surface area contributed by atoms with Gasteiger partial charge in [0.25, 0.3) is 17.7 Å². The number of aryl methyl sites for hydroxylation is 1. The normalized spacial score (nSPS) is 15.9. The number of fused-ring (bicyclic) bond motifs is 4. The number of pyridine rings is 1. The predicted octanol–water partition coefficient (Wildman–Crippen LogP) is 12.9. The molecule has 0 spiro atoms. The number of hydrogen-bond acceptors (Lipinski definition) is 13. The highest BCUT2D eigenvalue weighted by atomic mass is 79.9. The van der Waals surface area contributed by atoms with Crippen LogP contribution in [0.2, 0.25) is 10.0 Å². The molecule has 5 aromatic carbocycles. The van der Waals surface area contributed by atoms with Crippen LogP contribution < -0.4 is 15.0 Å². The van der Waals surface area contributed by atoms with Gasteiger partial charge in [-0.25, -0.2) is 4.98 Å². The van der Waals surface area contributed by atoms with Crippen LogP contribution >= 0.6 is 71.0 Å². The molecular formula is C84H86Br3Cl2N11O11. The van der Waals surface area contributed by atoms with Crippen molar-refractivity contribution in [3.05, 3.63) is 228 Å². The first-order valence-corrected chi connectivity index (χ1v) is 39.8.